The zero-order valence-electron chi connectivity index (χ0n) is 24.2. The first-order valence-corrected chi connectivity index (χ1v) is 16.1. The van der Waals surface area contributed by atoms with Gasteiger partial charge in [0.25, 0.3) is 0 Å². The minimum absolute atomic E-state index is 0.895. The van der Waals surface area contributed by atoms with Crippen LogP contribution in [-0.2, 0) is 0 Å². The van der Waals surface area contributed by atoms with Crippen molar-refractivity contribution in [1.82, 2.24) is 4.57 Å². The topological polar surface area (TPSA) is 18.1 Å². The molecule has 0 atom stereocenters. The molecule has 0 amide bonds. The fraction of sp³-hybridized carbons (Fsp3) is 0. The van der Waals surface area contributed by atoms with Crippen LogP contribution in [0.4, 0.5) is 0 Å². The molecule has 7 aromatic carbocycles. The van der Waals surface area contributed by atoms with Crippen molar-refractivity contribution in [1.29, 1.82) is 0 Å². The largest absolute Gasteiger partial charge is 0.456 e. The van der Waals surface area contributed by atoms with Crippen LogP contribution in [0.3, 0.4) is 0 Å². The van der Waals surface area contributed by atoms with Gasteiger partial charge in [-0.15, -0.1) is 11.3 Å². The summed E-state index contributed by atoms with van der Waals surface area (Å²) in [7, 11) is 0. The first kappa shape index (κ1) is 24.8. The lowest BCUT2D eigenvalue weighted by Gasteiger charge is -2.08. The predicted octanol–water partition coefficient (Wildman–Crippen LogP) is 12.4. The average molecular weight is 592 g/mol. The number of furan rings is 1. The van der Waals surface area contributed by atoms with Gasteiger partial charge in [0, 0.05) is 53.5 Å². The molecule has 0 saturated heterocycles. The molecule has 0 fully saturated rings. The third-order valence-corrected chi connectivity index (χ3v) is 10.4. The van der Waals surface area contributed by atoms with E-state index in [4.69, 9.17) is 4.42 Å². The normalized spacial score (nSPS) is 12.0. The van der Waals surface area contributed by atoms with Gasteiger partial charge in [0.2, 0.25) is 0 Å². The van der Waals surface area contributed by atoms with E-state index < -0.39 is 0 Å². The Morgan fingerprint density at radius 3 is 2.04 bits per heavy atom. The van der Waals surface area contributed by atoms with Gasteiger partial charge in [-0.2, -0.15) is 0 Å². The molecule has 3 heteroatoms. The number of nitrogens with zero attached hydrogens (tertiary/aromatic N) is 1. The van der Waals surface area contributed by atoms with Crippen molar-refractivity contribution >= 4 is 75.3 Å². The molecule has 0 unspecified atom stereocenters. The minimum atomic E-state index is 0.895. The van der Waals surface area contributed by atoms with Crippen LogP contribution in [-0.4, -0.2) is 4.57 Å². The Balaban J connectivity index is 1.13. The van der Waals surface area contributed by atoms with Crippen LogP contribution >= 0.6 is 11.3 Å². The number of hydrogen-bond acceptors (Lipinski definition) is 2. The van der Waals surface area contributed by atoms with Crippen LogP contribution in [0, 0.1) is 0 Å². The third-order valence-electron chi connectivity index (χ3n) is 9.21. The Bertz CT molecular complexity index is 2760. The second kappa shape index (κ2) is 9.43. The van der Waals surface area contributed by atoms with Crippen molar-refractivity contribution in [2.75, 3.05) is 0 Å². The number of benzene rings is 7. The molecule has 210 valence electrons. The Morgan fingerprint density at radius 2 is 1.13 bits per heavy atom. The number of fused-ring (bicyclic) bond motifs is 9. The molecule has 0 N–H and O–H groups in total. The summed E-state index contributed by atoms with van der Waals surface area (Å²) < 4.78 is 11.6. The molecule has 0 bridgehead atoms. The van der Waals surface area contributed by atoms with E-state index in [2.05, 4.69) is 156 Å². The Labute approximate surface area is 263 Å². The highest BCUT2D eigenvalue weighted by atomic mass is 32.1. The first-order valence-electron chi connectivity index (χ1n) is 15.3. The lowest BCUT2D eigenvalue weighted by Crippen LogP contribution is -1.93. The lowest BCUT2D eigenvalue weighted by atomic mass is 10.0. The number of aromatic nitrogens is 1. The van der Waals surface area contributed by atoms with Crippen LogP contribution in [0.15, 0.2) is 156 Å². The molecule has 0 saturated carbocycles. The van der Waals surface area contributed by atoms with Crippen molar-refractivity contribution in [2.45, 2.75) is 0 Å². The highest BCUT2D eigenvalue weighted by Gasteiger charge is 2.16. The van der Waals surface area contributed by atoms with Crippen molar-refractivity contribution in [3.05, 3.63) is 152 Å². The summed E-state index contributed by atoms with van der Waals surface area (Å²) in [6.07, 6.45) is 0. The van der Waals surface area contributed by atoms with Crippen molar-refractivity contribution < 1.29 is 4.42 Å². The van der Waals surface area contributed by atoms with Gasteiger partial charge in [-0.1, -0.05) is 97.1 Å². The number of rotatable bonds is 3. The molecule has 0 aliphatic heterocycles. The zero-order valence-corrected chi connectivity index (χ0v) is 25.0. The number of para-hydroxylation sites is 1. The van der Waals surface area contributed by atoms with E-state index in [1.165, 1.54) is 64.2 Å². The van der Waals surface area contributed by atoms with Gasteiger partial charge in [-0.25, -0.2) is 0 Å². The van der Waals surface area contributed by atoms with Crippen molar-refractivity contribution in [3.63, 3.8) is 0 Å². The molecule has 0 spiro atoms. The fourth-order valence-electron chi connectivity index (χ4n) is 7.11. The Hall–Kier alpha value is -5.64. The van der Waals surface area contributed by atoms with Gasteiger partial charge in [0.1, 0.15) is 11.2 Å². The Morgan fingerprint density at radius 1 is 0.422 bits per heavy atom. The van der Waals surface area contributed by atoms with Gasteiger partial charge in [0.05, 0.1) is 11.0 Å². The Kier molecular flexibility index (Phi) is 5.19. The molecular formula is C42H25NOS. The molecule has 0 aliphatic rings. The summed E-state index contributed by atoms with van der Waals surface area (Å²) in [6, 6.07) is 54.7. The van der Waals surface area contributed by atoms with E-state index >= 15 is 0 Å². The maximum atomic E-state index is 6.62. The summed E-state index contributed by atoms with van der Waals surface area (Å²) in [4.78, 5) is 0. The molecular weight excluding hydrogens is 567 g/mol. The number of thiophene rings is 1. The van der Waals surface area contributed by atoms with Crippen LogP contribution in [0.25, 0.3) is 91.9 Å². The molecule has 10 rings (SSSR count). The molecule has 10 aromatic rings. The summed E-state index contributed by atoms with van der Waals surface area (Å²) >= 11 is 1.86. The second-order valence-corrected chi connectivity index (χ2v) is 12.8. The van der Waals surface area contributed by atoms with Crippen LogP contribution < -0.4 is 0 Å². The monoisotopic (exact) mass is 591 g/mol. The summed E-state index contributed by atoms with van der Waals surface area (Å²) in [5.74, 6) is 0. The van der Waals surface area contributed by atoms with Gasteiger partial charge < -0.3 is 8.98 Å². The average Bonchev–Trinajstić information content (AvgIpc) is 3.77. The molecule has 0 radical (unpaired) electrons. The zero-order chi connectivity index (χ0) is 29.5. The van der Waals surface area contributed by atoms with Gasteiger partial charge in [-0.05, 0) is 70.8 Å². The summed E-state index contributed by atoms with van der Waals surface area (Å²) in [5, 5.41) is 7.39. The van der Waals surface area contributed by atoms with E-state index in [-0.39, 0.29) is 0 Å². The number of hydrogen-bond donors (Lipinski definition) is 0. The third kappa shape index (κ3) is 3.68. The van der Waals surface area contributed by atoms with Crippen LogP contribution in [0.5, 0.6) is 0 Å². The molecule has 3 heterocycles. The van der Waals surface area contributed by atoms with Crippen molar-refractivity contribution in [3.8, 4) is 27.9 Å². The van der Waals surface area contributed by atoms with E-state index in [0.717, 1.165) is 27.6 Å². The molecule has 2 nitrogen and oxygen atoms in total. The maximum absolute atomic E-state index is 6.62. The summed E-state index contributed by atoms with van der Waals surface area (Å²) in [6.45, 7) is 0. The summed E-state index contributed by atoms with van der Waals surface area (Å²) in [5.41, 5.74) is 10.1. The lowest BCUT2D eigenvalue weighted by molar-refractivity contribution is 0.669. The highest BCUT2D eigenvalue weighted by Crippen LogP contribution is 2.42. The SMILES string of the molecule is c1ccc(-c2ccc3c(c2)c2ccccc2n3-c2ccc3c(c2)oc2cc(-c4cccc5c4sc4ccccc45)ccc23)cc1. The molecule has 3 aromatic heterocycles. The van der Waals surface area contributed by atoms with E-state index in [1.807, 2.05) is 11.3 Å². The van der Waals surface area contributed by atoms with Crippen molar-refractivity contribution in [2.24, 2.45) is 0 Å². The van der Waals surface area contributed by atoms with E-state index in [1.54, 1.807) is 0 Å². The predicted molar refractivity (Wildman–Crippen MR) is 192 cm³/mol. The minimum Gasteiger partial charge on any atom is -0.456 e. The second-order valence-electron chi connectivity index (χ2n) is 11.7. The van der Waals surface area contributed by atoms with Gasteiger partial charge >= 0.3 is 0 Å². The molecule has 45 heavy (non-hydrogen) atoms. The smallest absolute Gasteiger partial charge is 0.137 e. The van der Waals surface area contributed by atoms with Crippen LogP contribution in [0.1, 0.15) is 0 Å². The highest BCUT2D eigenvalue weighted by molar-refractivity contribution is 7.26. The van der Waals surface area contributed by atoms with Gasteiger partial charge in [-0.3, -0.25) is 0 Å². The van der Waals surface area contributed by atoms with Crippen LogP contribution in [0.2, 0.25) is 0 Å². The van der Waals surface area contributed by atoms with E-state index in [9.17, 15) is 0 Å². The fourth-order valence-corrected chi connectivity index (χ4v) is 8.35. The standard InChI is InChI=1S/C42H25NOS/c1-2-9-26(10-3-1)27-18-22-38-36(23-27)31-11-4-6-15-37(31)43(38)29-19-21-33-32-20-17-28(24-39(32)44-40(33)25-29)30-13-8-14-35-34-12-5-7-16-41(34)45-42(30)35/h1-25H. The van der Waals surface area contributed by atoms with E-state index in [0.29, 0.717) is 0 Å². The maximum Gasteiger partial charge on any atom is 0.137 e. The molecule has 0 aliphatic carbocycles. The van der Waals surface area contributed by atoms with Gasteiger partial charge in [0.15, 0.2) is 0 Å². The first-order chi connectivity index (χ1) is 22.3. The quantitative estimate of drug-likeness (QED) is 0.200.